The Labute approximate surface area is 97.2 Å². The van der Waals surface area contributed by atoms with Crippen LogP contribution in [0.25, 0.3) is 0 Å². The Hall–Kier alpha value is -0.900. The van der Waals surface area contributed by atoms with Crippen LogP contribution < -0.4 is 5.73 Å². The van der Waals surface area contributed by atoms with Gasteiger partial charge in [-0.2, -0.15) is 0 Å². The van der Waals surface area contributed by atoms with Crippen LogP contribution in [0, 0.1) is 0 Å². The van der Waals surface area contributed by atoms with Gasteiger partial charge in [0.25, 0.3) is 0 Å². The van der Waals surface area contributed by atoms with E-state index < -0.39 is 0 Å². The minimum Gasteiger partial charge on any atom is -0.376 e. The molecule has 16 heavy (non-hydrogen) atoms. The summed E-state index contributed by atoms with van der Waals surface area (Å²) >= 11 is 0. The first-order valence-corrected chi connectivity index (χ1v) is 5.93. The highest BCUT2D eigenvalue weighted by Crippen LogP contribution is 2.15. The molecule has 1 aliphatic rings. The first kappa shape index (κ1) is 11.6. The number of nitrogens with two attached hydrogens (primary N) is 1. The van der Waals surface area contributed by atoms with Crippen molar-refractivity contribution in [1.82, 2.24) is 4.90 Å². The molecule has 1 aromatic rings. The standard InChI is InChI=1S/C13H20N2O/c1-2-16-13-10-15(9-12(13)14)8-11-6-4-3-5-7-11/h3-7,12-13H,2,8-10,14H2,1H3/t12-,13-/m0/s1. The van der Waals surface area contributed by atoms with Crippen molar-refractivity contribution in [3.8, 4) is 0 Å². The number of ether oxygens (including phenoxy) is 1. The molecular formula is C13H20N2O. The molecular weight excluding hydrogens is 200 g/mol. The normalized spacial score (nSPS) is 26.1. The van der Waals surface area contributed by atoms with Gasteiger partial charge >= 0.3 is 0 Å². The molecule has 2 N–H and O–H groups in total. The molecule has 0 unspecified atom stereocenters. The topological polar surface area (TPSA) is 38.5 Å². The third-order valence-corrected chi connectivity index (χ3v) is 3.01. The maximum absolute atomic E-state index is 6.04. The van der Waals surface area contributed by atoms with E-state index in [-0.39, 0.29) is 12.1 Å². The van der Waals surface area contributed by atoms with Gasteiger partial charge in [0.05, 0.1) is 6.10 Å². The van der Waals surface area contributed by atoms with E-state index >= 15 is 0 Å². The maximum Gasteiger partial charge on any atom is 0.0864 e. The van der Waals surface area contributed by atoms with Crippen molar-refractivity contribution in [2.75, 3.05) is 19.7 Å². The number of benzene rings is 1. The molecule has 0 amide bonds. The fourth-order valence-electron chi connectivity index (χ4n) is 2.24. The zero-order chi connectivity index (χ0) is 11.4. The lowest BCUT2D eigenvalue weighted by molar-refractivity contribution is 0.0599. The lowest BCUT2D eigenvalue weighted by atomic mass is 10.2. The van der Waals surface area contributed by atoms with Crippen molar-refractivity contribution in [2.24, 2.45) is 5.73 Å². The molecule has 1 aromatic carbocycles. The molecule has 1 aliphatic heterocycles. The largest absolute Gasteiger partial charge is 0.376 e. The number of hydrogen-bond acceptors (Lipinski definition) is 3. The van der Waals surface area contributed by atoms with E-state index in [0.717, 1.165) is 26.2 Å². The summed E-state index contributed by atoms with van der Waals surface area (Å²) in [7, 11) is 0. The molecule has 0 aliphatic carbocycles. The smallest absolute Gasteiger partial charge is 0.0864 e. The first-order chi connectivity index (χ1) is 7.79. The summed E-state index contributed by atoms with van der Waals surface area (Å²) in [6, 6.07) is 10.7. The molecule has 0 bridgehead atoms. The second kappa shape index (κ2) is 5.43. The van der Waals surface area contributed by atoms with Gasteiger partial charge in [-0.3, -0.25) is 4.90 Å². The predicted molar refractivity (Wildman–Crippen MR) is 65.1 cm³/mol. The number of likely N-dealkylation sites (tertiary alicyclic amines) is 1. The summed E-state index contributed by atoms with van der Waals surface area (Å²) in [4.78, 5) is 2.36. The van der Waals surface area contributed by atoms with Gasteiger partial charge in [-0.1, -0.05) is 30.3 Å². The number of hydrogen-bond donors (Lipinski definition) is 1. The van der Waals surface area contributed by atoms with Gasteiger partial charge < -0.3 is 10.5 Å². The van der Waals surface area contributed by atoms with E-state index in [2.05, 4.69) is 29.2 Å². The fourth-order valence-corrected chi connectivity index (χ4v) is 2.24. The van der Waals surface area contributed by atoms with E-state index in [0.29, 0.717) is 0 Å². The number of nitrogens with zero attached hydrogens (tertiary/aromatic N) is 1. The van der Waals surface area contributed by atoms with Gasteiger partial charge in [-0.25, -0.2) is 0 Å². The molecule has 2 rings (SSSR count). The Kier molecular flexibility index (Phi) is 3.93. The summed E-state index contributed by atoms with van der Waals surface area (Å²) in [5.74, 6) is 0. The number of rotatable bonds is 4. The average molecular weight is 220 g/mol. The molecule has 1 saturated heterocycles. The molecule has 1 heterocycles. The summed E-state index contributed by atoms with van der Waals surface area (Å²) in [6.07, 6.45) is 0.203. The molecule has 88 valence electrons. The van der Waals surface area contributed by atoms with E-state index in [1.807, 2.05) is 13.0 Å². The molecule has 3 heteroatoms. The highest BCUT2D eigenvalue weighted by molar-refractivity contribution is 5.14. The monoisotopic (exact) mass is 220 g/mol. The van der Waals surface area contributed by atoms with Gasteiger partial charge in [0.15, 0.2) is 0 Å². The Balaban J connectivity index is 1.89. The van der Waals surface area contributed by atoms with E-state index in [4.69, 9.17) is 10.5 Å². The summed E-state index contributed by atoms with van der Waals surface area (Å²) < 4.78 is 5.62. The van der Waals surface area contributed by atoms with E-state index in [1.165, 1.54) is 5.56 Å². The summed E-state index contributed by atoms with van der Waals surface area (Å²) in [5, 5.41) is 0. The van der Waals surface area contributed by atoms with Crippen LogP contribution in [0.2, 0.25) is 0 Å². The van der Waals surface area contributed by atoms with Gasteiger partial charge in [-0.05, 0) is 12.5 Å². The van der Waals surface area contributed by atoms with Crippen molar-refractivity contribution in [1.29, 1.82) is 0 Å². The van der Waals surface area contributed by atoms with Gasteiger partial charge in [0, 0.05) is 32.3 Å². The maximum atomic E-state index is 6.04. The van der Waals surface area contributed by atoms with Crippen LogP contribution in [0.15, 0.2) is 30.3 Å². The van der Waals surface area contributed by atoms with Crippen LogP contribution >= 0.6 is 0 Å². The van der Waals surface area contributed by atoms with Gasteiger partial charge in [0.1, 0.15) is 0 Å². The second-order valence-electron chi connectivity index (χ2n) is 4.34. The molecule has 0 aromatic heterocycles. The molecule has 0 radical (unpaired) electrons. The van der Waals surface area contributed by atoms with Crippen molar-refractivity contribution in [3.63, 3.8) is 0 Å². The van der Waals surface area contributed by atoms with Crippen LogP contribution in [0.4, 0.5) is 0 Å². The van der Waals surface area contributed by atoms with Crippen LogP contribution in [0.5, 0.6) is 0 Å². The van der Waals surface area contributed by atoms with Crippen LogP contribution in [0.3, 0.4) is 0 Å². The van der Waals surface area contributed by atoms with Gasteiger partial charge in [0.2, 0.25) is 0 Å². The lowest BCUT2D eigenvalue weighted by Gasteiger charge is -2.15. The first-order valence-electron chi connectivity index (χ1n) is 5.93. The van der Waals surface area contributed by atoms with Crippen molar-refractivity contribution < 1.29 is 4.74 Å². The van der Waals surface area contributed by atoms with E-state index in [9.17, 15) is 0 Å². The Morgan fingerprint density at radius 3 is 2.75 bits per heavy atom. The van der Waals surface area contributed by atoms with Crippen molar-refractivity contribution in [2.45, 2.75) is 25.6 Å². The zero-order valence-electron chi connectivity index (χ0n) is 9.80. The lowest BCUT2D eigenvalue weighted by Crippen LogP contribution is -2.35. The Morgan fingerprint density at radius 2 is 2.06 bits per heavy atom. The quantitative estimate of drug-likeness (QED) is 0.829. The minimum absolute atomic E-state index is 0.156. The molecule has 1 fully saturated rings. The Bertz CT molecular complexity index is 315. The van der Waals surface area contributed by atoms with Crippen molar-refractivity contribution >= 4 is 0 Å². The summed E-state index contributed by atoms with van der Waals surface area (Å²) in [6.45, 7) is 5.62. The third-order valence-electron chi connectivity index (χ3n) is 3.01. The third kappa shape index (κ3) is 2.82. The second-order valence-corrected chi connectivity index (χ2v) is 4.34. The Morgan fingerprint density at radius 1 is 1.31 bits per heavy atom. The molecule has 2 atom stereocenters. The van der Waals surface area contributed by atoms with Crippen LogP contribution in [-0.2, 0) is 11.3 Å². The minimum atomic E-state index is 0.156. The average Bonchev–Trinajstić information content (AvgIpc) is 2.61. The highest BCUT2D eigenvalue weighted by Gasteiger charge is 2.30. The molecule has 0 spiro atoms. The van der Waals surface area contributed by atoms with Crippen LogP contribution in [-0.4, -0.2) is 36.7 Å². The SMILES string of the molecule is CCO[C@H]1CN(Cc2ccccc2)C[C@@H]1N. The van der Waals surface area contributed by atoms with E-state index in [1.54, 1.807) is 0 Å². The van der Waals surface area contributed by atoms with Crippen LogP contribution in [0.1, 0.15) is 12.5 Å². The highest BCUT2D eigenvalue weighted by atomic mass is 16.5. The molecule has 0 saturated carbocycles. The fraction of sp³-hybridized carbons (Fsp3) is 0.538. The summed E-state index contributed by atoms with van der Waals surface area (Å²) in [5.41, 5.74) is 7.38. The predicted octanol–water partition coefficient (Wildman–Crippen LogP) is 1.23. The zero-order valence-corrected chi connectivity index (χ0v) is 9.80. The van der Waals surface area contributed by atoms with Crippen molar-refractivity contribution in [3.05, 3.63) is 35.9 Å². The molecule has 3 nitrogen and oxygen atoms in total. The van der Waals surface area contributed by atoms with Gasteiger partial charge in [-0.15, -0.1) is 0 Å².